The Morgan fingerprint density at radius 3 is 2.62 bits per heavy atom. The third-order valence-corrected chi connectivity index (χ3v) is 5.40. The second-order valence-corrected chi connectivity index (χ2v) is 7.39. The van der Waals surface area contributed by atoms with E-state index in [0.717, 1.165) is 34.0 Å². The van der Waals surface area contributed by atoms with E-state index in [9.17, 15) is 0 Å². The van der Waals surface area contributed by atoms with E-state index in [1.165, 1.54) is 6.33 Å². The highest BCUT2D eigenvalue weighted by Gasteiger charge is 2.33. The average Bonchev–Trinajstić information content (AvgIpc) is 2.86. The first kappa shape index (κ1) is 15.4. The third kappa shape index (κ3) is 2.63. The topological polar surface area (TPSA) is 72.9 Å². The molecule has 0 amide bonds. The average molecular weight is 340 g/mol. The molecule has 4 rings (SSSR count). The van der Waals surface area contributed by atoms with Gasteiger partial charge >= 0.3 is 0 Å². The van der Waals surface area contributed by atoms with Crippen LogP contribution in [0.2, 0.25) is 0 Å². The van der Waals surface area contributed by atoms with Gasteiger partial charge in [-0.3, -0.25) is 4.90 Å². The molecule has 1 aliphatic rings. The summed E-state index contributed by atoms with van der Waals surface area (Å²) in [5, 5.41) is 6.56. The van der Waals surface area contributed by atoms with Crippen LogP contribution in [0.1, 0.15) is 19.9 Å². The fourth-order valence-electron chi connectivity index (χ4n) is 2.95. The van der Waals surface area contributed by atoms with Crippen molar-refractivity contribution in [1.82, 2.24) is 24.6 Å². The summed E-state index contributed by atoms with van der Waals surface area (Å²) in [6.07, 6.45) is 1.52. The molecule has 0 atom stereocenters. The molecule has 0 saturated carbocycles. The van der Waals surface area contributed by atoms with Crippen molar-refractivity contribution in [2.24, 2.45) is 0 Å². The third-order valence-electron chi connectivity index (χ3n) is 4.41. The largest absolute Gasteiger partial charge is 0.383 e. The van der Waals surface area contributed by atoms with Gasteiger partial charge in [-0.25, -0.2) is 14.6 Å². The van der Waals surface area contributed by atoms with Crippen LogP contribution < -0.4 is 5.73 Å². The zero-order chi connectivity index (χ0) is 16.7. The number of aromatic nitrogens is 4. The summed E-state index contributed by atoms with van der Waals surface area (Å²) in [7, 11) is 0. The van der Waals surface area contributed by atoms with Crippen LogP contribution in [0.25, 0.3) is 11.0 Å². The first-order valence-corrected chi connectivity index (χ1v) is 8.90. The molecule has 124 valence electrons. The van der Waals surface area contributed by atoms with Crippen molar-refractivity contribution in [2.45, 2.75) is 35.9 Å². The molecule has 0 radical (unpaired) electrons. The normalized spacial score (nSPS) is 16.0. The van der Waals surface area contributed by atoms with E-state index in [0.29, 0.717) is 17.9 Å². The van der Waals surface area contributed by atoms with Crippen LogP contribution in [0.15, 0.2) is 46.6 Å². The van der Waals surface area contributed by atoms with Gasteiger partial charge in [-0.15, -0.1) is 0 Å². The summed E-state index contributed by atoms with van der Waals surface area (Å²) in [5.41, 5.74) is 6.96. The minimum atomic E-state index is 0.342. The zero-order valence-electron chi connectivity index (χ0n) is 13.8. The van der Waals surface area contributed by atoms with Crippen LogP contribution >= 0.6 is 11.8 Å². The van der Waals surface area contributed by atoms with Crippen molar-refractivity contribution in [3.63, 3.8) is 0 Å². The minimum absolute atomic E-state index is 0.342. The molecule has 1 aromatic carbocycles. The summed E-state index contributed by atoms with van der Waals surface area (Å²) in [5.74, 6) is 0.490. The Labute approximate surface area is 145 Å². The molecule has 1 saturated heterocycles. The number of likely N-dealkylation sites (tertiary alicyclic amines) is 1. The molecular formula is C17H20N6S. The lowest BCUT2D eigenvalue weighted by Gasteiger charge is -2.41. The minimum Gasteiger partial charge on any atom is -0.383 e. The summed E-state index contributed by atoms with van der Waals surface area (Å²) >= 11 is 1.61. The number of benzene rings is 1. The predicted molar refractivity (Wildman–Crippen MR) is 96.0 cm³/mol. The van der Waals surface area contributed by atoms with E-state index in [4.69, 9.17) is 10.8 Å². The van der Waals surface area contributed by atoms with Gasteiger partial charge < -0.3 is 5.73 Å². The van der Waals surface area contributed by atoms with Gasteiger partial charge in [-0.2, -0.15) is 5.10 Å². The van der Waals surface area contributed by atoms with Crippen molar-refractivity contribution in [3.8, 4) is 0 Å². The number of anilines is 1. The number of hydrogen-bond acceptors (Lipinski definition) is 6. The second-order valence-electron chi connectivity index (χ2n) is 6.32. The van der Waals surface area contributed by atoms with Crippen LogP contribution in [0.5, 0.6) is 0 Å². The lowest BCUT2D eigenvalue weighted by atomic mass is 10.1. The van der Waals surface area contributed by atoms with Crippen LogP contribution in [0.3, 0.4) is 0 Å². The maximum atomic E-state index is 6.13. The number of rotatable bonds is 4. The van der Waals surface area contributed by atoms with Crippen LogP contribution in [-0.4, -0.2) is 43.8 Å². The number of nitrogens with zero attached hydrogens (tertiary/aromatic N) is 5. The Morgan fingerprint density at radius 1 is 1.17 bits per heavy atom. The van der Waals surface area contributed by atoms with E-state index in [1.54, 1.807) is 11.8 Å². The molecular weight excluding hydrogens is 320 g/mol. The standard InChI is InChI=1S/C17H20N6S/c1-11(2)22-8-12(9-22)23-16-14(15(18)19-10-20-16)17(21-23)24-13-6-4-3-5-7-13/h3-7,10-12H,8-9H2,1-2H3,(H2,18,19,20). The monoisotopic (exact) mass is 340 g/mol. The van der Waals surface area contributed by atoms with Crippen LogP contribution in [0, 0.1) is 0 Å². The van der Waals surface area contributed by atoms with Crippen molar-refractivity contribution in [3.05, 3.63) is 36.7 Å². The fraction of sp³-hybridized carbons (Fsp3) is 0.353. The second kappa shape index (κ2) is 6.07. The number of nitrogens with two attached hydrogens (primary N) is 1. The highest BCUT2D eigenvalue weighted by molar-refractivity contribution is 7.99. The van der Waals surface area contributed by atoms with Gasteiger partial charge in [0.25, 0.3) is 0 Å². The number of nitrogen functional groups attached to an aromatic ring is 1. The predicted octanol–water partition coefficient (Wildman–Crippen LogP) is 2.82. The van der Waals surface area contributed by atoms with Gasteiger partial charge in [-0.1, -0.05) is 30.0 Å². The quantitative estimate of drug-likeness (QED) is 0.787. The number of fused-ring (bicyclic) bond motifs is 1. The van der Waals surface area contributed by atoms with Crippen LogP contribution in [0.4, 0.5) is 5.82 Å². The van der Waals surface area contributed by atoms with Gasteiger partial charge in [0, 0.05) is 24.0 Å². The summed E-state index contributed by atoms with van der Waals surface area (Å²) in [6, 6.07) is 11.1. The first-order valence-electron chi connectivity index (χ1n) is 8.09. The van der Waals surface area contributed by atoms with Crippen molar-refractivity contribution in [1.29, 1.82) is 0 Å². The Morgan fingerprint density at radius 2 is 1.92 bits per heavy atom. The van der Waals surface area contributed by atoms with Gasteiger partial charge in [0.15, 0.2) is 5.65 Å². The van der Waals surface area contributed by atoms with Gasteiger partial charge in [0.05, 0.1) is 11.4 Å². The highest BCUT2D eigenvalue weighted by atomic mass is 32.2. The van der Waals surface area contributed by atoms with Gasteiger partial charge in [0.2, 0.25) is 0 Å². The molecule has 24 heavy (non-hydrogen) atoms. The Balaban J connectivity index is 1.72. The molecule has 0 unspecified atom stereocenters. The maximum Gasteiger partial charge on any atom is 0.164 e. The van der Waals surface area contributed by atoms with Crippen molar-refractivity contribution >= 4 is 28.6 Å². The van der Waals surface area contributed by atoms with Crippen molar-refractivity contribution < 1.29 is 0 Å². The molecule has 7 heteroatoms. The lowest BCUT2D eigenvalue weighted by Crippen LogP contribution is -2.51. The summed E-state index contributed by atoms with van der Waals surface area (Å²) in [4.78, 5) is 12.2. The Kier molecular flexibility index (Phi) is 3.90. The van der Waals surface area contributed by atoms with E-state index < -0.39 is 0 Å². The first-order chi connectivity index (χ1) is 11.6. The fourth-order valence-corrected chi connectivity index (χ4v) is 3.90. The van der Waals surface area contributed by atoms with Gasteiger partial charge in [-0.05, 0) is 26.0 Å². The van der Waals surface area contributed by atoms with Gasteiger partial charge in [0.1, 0.15) is 17.2 Å². The summed E-state index contributed by atoms with van der Waals surface area (Å²) in [6.45, 7) is 6.42. The molecule has 2 aromatic heterocycles. The SMILES string of the molecule is CC(C)N1CC(n2nc(Sc3ccccc3)c3c(N)ncnc32)C1. The number of hydrogen-bond donors (Lipinski definition) is 1. The van der Waals surface area contributed by atoms with Crippen molar-refractivity contribution in [2.75, 3.05) is 18.8 Å². The zero-order valence-corrected chi connectivity index (χ0v) is 14.6. The molecule has 6 nitrogen and oxygen atoms in total. The maximum absolute atomic E-state index is 6.13. The molecule has 1 aliphatic heterocycles. The van der Waals surface area contributed by atoms with Crippen LogP contribution in [-0.2, 0) is 0 Å². The molecule has 3 heterocycles. The molecule has 1 fully saturated rings. The summed E-state index contributed by atoms with van der Waals surface area (Å²) < 4.78 is 2.03. The molecule has 0 aliphatic carbocycles. The Hall–Kier alpha value is -2.12. The lowest BCUT2D eigenvalue weighted by molar-refractivity contribution is 0.0690. The van der Waals surface area contributed by atoms with E-state index >= 15 is 0 Å². The van der Waals surface area contributed by atoms with E-state index in [1.807, 2.05) is 22.9 Å². The highest BCUT2D eigenvalue weighted by Crippen LogP contribution is 2.36. The molecule has 3 aromatic rings. The van der Waals surface area contributed by atoms with E-state index in [-0.39, 0.29) is 0 Å². The smallest absolute Gasteiger partial charge is 0.164 e. The molecule has 0 bridgehead atoms. The Bertz CT molecular complexity index is 854. The molecule has 2 N–H and O–H groups in total. The van der Waals surface area contributed by atoms with E-state index in [2.05, 4.69) is 40.8 Å². The molecule has 0 spiro atoms.